The Morgan fingerprint density at radius 3 is 1.74 bits per heavy atom. The Labute approximate surface area is 227 Å². The Bertz CT molecular complexity index is 1730. The van der Waals surface area contributed by atoms with Crippen molar-refractivity contribution in [2.75, 3.05) is 4.90 Å². The molecule has 1 aliphatic rings. The Morgan fingerprint density at radius 1 is 0.526 bits per heavy atom. The standard InChI is InChI=1S/C35H26N2S/c1-3-9-25(10-4-1)26-15-17-27(18-16-26)28-19-21-30(22-20-28)37(29-11-5-2-6-12-29)32-23-36-24-34-35(32)31-13-7-8-14-33(31)38-34/h1-23,36H,24H2. The lowest BCUT2D eigenvalue weighted by Crippen LogP contribution is -2.22. The highest BCUT2D eigenvalue weighted by Crippen LogP contribution is 2.43. The predicted octanol–water partition coefficient (Wildman–Crippen LogP) is 9.48. The summed E-state index contributed by atoms with van der Waals surface area (Å²) in [4.78, 5) is 3.74. The second-order valence-electron chi connectivity index (χ2n) is 9.47. The maximum atomic E-state index is 3.53. The average molecular weight is 507 g/mol. The summed E-state index contributed by atoms with van der Waals surface area (Å²) in [6.07, 6.45) is 2.17. The van der Waals surface area contributed by atoms with Gasteiger partial charge in [0.05, 0.1) is 5.70 Å². The van der Waals surface area contributed by atoms with Gasteiger partial charge < -0.3 is 10.2 Å². The summed E-state index contributed by atoms with van der Waals surface area (Å²) in [5, 5.41) is 4.85. The van der Waals surface area contributed by atoms with E-state index in [9.17, 15) is 0 Å². The Morgan fingerprint density at radius 2 is 1.05 bits per heavy atom. The monoisotopic (exact) mass is 506 g/mol. The van der Waals surface area contributed by atoms with Crippen molar-refractivity contribution in [1.82, 2.24) is 5.32 Å². The molecule has 1 N–H and O–H groups in total. The molecule has 1 aliphatic heterocycles. The summed E-state index contributed by atoms with van der Waals surface area (Å²) in [5.41, 5.74) is 9.68. The first-order valence-corrected chi connectivity index (χ1v) is 13.7. The average Bonchev–Trinajstić information content (AvgIpc) is 3.38. The third-order valence-electron chi connectivity index (χ3n) is 7.13. The molecule has 0 amide bonds. The van der Waals surface area contributed by atoms with Gasteiger partial charge in [-0.15, -0.1) is 11.3 Å². The molecule has 0 atom stereocenters. The van der Waals surface area contributed by atoms with E-state index in [1.54, 1.807) is 0 Å². The van der Waals surface area contributed by atoms with Crippen molar-refractivity contribution in [2.24, 2.45) is 0 Å². The van der Waals surface area contributed by atoms with E-state index in [4.69, 9.17) is 0 Å². The van der Waals surface area contributed by atoms with E-state index in [-0.39, 0.29) is 0 Å². The SMILES string of the molecule is C1=C(N(c2ccccc2)c2ccc(-c3ccc(-c4ccccc4)cc3)cc2)c2c(sc3ccccc23)CN1. The van der Waals surface area contributed by atoms with Crippen molar-refractivity contribution >= 4 is 38.5 Å². The number of benzene rings is 5. The Hall–Kier alpha value is -4.60. The lowest BCUT2D eigenvalue weighted by molar-refractivity contribution is 0.867. The fourth-order valence-electron chi connectivity index (χ4n) is 5.28. The van der Waals surface area contributed by atoms with Gasteiger partial charge in [0, 0.05) is 44.6 Å². The predicted molar refractivity (Wildman–Crippen MR) is 163 cm³/mol. The fourth-order valence-corrected chi connectivity index (χ4v) is 6.45. The number of thiophene rings is 1. The number of hydrogen-bond acceptors (Lipinski definition) is 3. The van der Waals surface area contributed by atoms with Gasteiger partial charge >= 0.3 is 0 Å². The van der Waals surface area contributed by atoms with E-state index in [2.05, 4.69) is 150 Å². The third-order valence-corrected chi connectivity index (χ3v) is 8.30. The molecule has 0 unspecified atom stereocenters. The van der Waals surface area contributed by atoms with Crippen molar-refractivity contribution in [3.63, 3.8) is 0 Å². The van der Waals surface area contributed by atoms with Crippen LogP contribution in [0.2, 0.25) is 0 Å². The highest BCUT2D eigenvalue weighted by atomic mass is 32.1. The number of hydrogen-bond donors (Lipinski definition) is 1. The molecule has 7 rings (SSSR count). The number of para-hydroxylation sites is 1. The van der Waals surface area contributed by atoms with Crippen LogP contribution in [0.3, 0.4) is 0 Å². The maximum absolute atomic E-state index is 3.53. The molecular weight excluding hydrogens is 480 g/mol. The Balaban J connectivity index is 1.27. The smallest absolute Gasteiger partial charge is 0.0708 e. The van der Waals surface area contributed by atoms with Crippen LogP contribution in [0.15, 0.2) is 140 Å². The maximum Gasteiger partial charge on any atom is 0.0708 e. The molecule has 2 heterocycles. The highest BCUT2D eigenvalue weighted by molar-refractivity contribution is 7.19. The largest absolute Gasteiger partial charge is 0.384 e. The Kier molecular flexibility index (Phi) is 5.76. The van der Waals surface area contributed by atoms with Gasteiger partial charge in [-0.2, -0.15) is 0 Å². The van der Waals surface area contributed by atoms with Crippen molar-refractivity contribution in [2.45, 2.75) is 6.54 Å². The third kappa shape index (κ3) is 4.07. The van der Waals surface area contributed by atoms with E-state index >= 15 is 0 Å². The molecule has 0 aliphatic carbocycles. The van der Waals surface area contributed by atoms with Crippen LogP contribution in [0.5, 0.6) is 0 Å². The minimum Gasteiger partial charge on any atom is -0.384 e. The van der Waals surface area contributed by atoms with Crippen molar-refractivity contribution < 1.29 is 0 Å². The van der Waals surface area contributed by atoms with Crippen LogP contribution < -0.4 is 10.2 Å². The van der Waals surface area contributed by atoms with Crippen molar-refractivity contribution in [1.29, 1.82) is 0 Å². The van der Waals surface area contributed by atoms with E-state index in [1.165, 1.54) is 48.5 Å². The molecule has 1 aromatic heterocycles. The van der Waals surface area contributed by atoms with Gasteiger partial charge in [-0.3, -0.25) is 0 Å². The fraction of sp³-hybridized carbons (Fsp3) is 0.0286. The molecule has 0 saturated heterocycles. The van der Waals surface area contributed by atoms with Crippen molar-refractivity contribution in [3.8, 4) is 22.3 Å². The van der Waals surface area contributed by atoms with Crippen LogP contribution in [0.25, 0.3) is 38.0 Å². The molecule has 0 bridgehead atoms. The van der Waals surface area contributed by atoms with Gasteiger partial charge in [-0.05, 0) is 52.6 Å². The van der Waals surface area contributed by atoms with Gasteiger partial charge in [-0.25, -0.2) is 0 Å². The lowest BCUT2D eigenvalue weighted by atomic mass is 9.99. The first-order chi connectivity index (χ1) is 18.8. The van der Waals surface area contributed by atoms with Crippen LogP contribution in [-0.2, 0) is 6.54 Å². The normalized spacial score (nSPS) is 12.5. The minimum atomic E-state index is 0.860. The quantitative estimate of drug-likeness (QED) is 0.250. The van der Waals surface area contributed by atoms with E-state index in [0.717, 1.165) is 17.9 Å². The van der Waals surface area contributed by atoms with E-state index in [1.807, 2.05) is 11.3 Å². The second-order valence-corrected chi connectivity index (χ2v) is 10.6. The van der Waals surface area contributed by atoms with Gasteiger partial charge in [0.25, 0.3) is 0 Å². The zero-order valence-electron chi connectivity index (χ0n) is 20.8. The number of anilines is 2. The number of nitrogens with one attached hydrogen (secondary N) is 1. The van der Waals surface area contributed by atoms with Gasteiger partial charge in [0.2, 0.25) is 0 Å². The number of nitrogens with zero attached hydrogens (tertiary/aromatic N) is 1. The number of fused-ring (bicyclic) bond motifs is 3. The van der Waals surface area contributed by atoms with Crippen LogP contribution in [0, 0.1) is 0 Å². The molecule has 0 saturated carbocycles. The summed E-state index contributed by atoms with van der Waals surface area (Å²) in [7, 11) is 0. The lowest BCUT2D eigenvalue weighted by Gasteiger charge is -2.30. The molecule has 2 nitrogen and oxygen atoms in total. The number of rotatable bonds is 5. The summed E-state index contributed by atoms with van der Waals surface area (Å²) in [6.45, 7) is 0.860. The van der Waals surface area contributed by atoms with Gasteiger partial charge in [-0.1, -0.05) is 103 Å². The molecule has 0 spiro atoms. The summed E-state index contributed by atoms with van der Waals surface area (Å²) < 4.78 is 1.33. The molecule has 0 radical (unpaired) electrons. The molecule has 5 aromatic carbocycles. The van der Waals surface area contributed by atoms with Crippen LogP contribution in [0.4, 0.5) is 11.4 Å². The molecule has 0 fully saturated rings. The second kappa shape index (κ2) is 9.70. The summed E-state index contributed by atoms with van der Waals surface area (Å²) in [6, 6.07) is 47.7. The van der Waals surface area contributed by atoms with Gasteiger partial charge in [0.1, 0.15) is 0 Å². The molecule has 3 heteroatoms. The topological polar surface area (TPSA) is 15.3 Å². The van der Waals surface area contributed by atoms with E-state index in [0.29, 0.717) is 0 Å². The summed E-state index contributed by atoms with van der Waals surface area (Å²) in [5.74, 6) is 0. The molecular formula is C35H26N2S. The minimum absolute atomic E-state index is 0.860. The van der Waals surface area contributed by atoms with E-state index < -0.39 is 0 Å². The van der Waals surface area contributed by atoms with Crippen LogP contribution in [-0.4, -0.2) is 0 Å². The molecule has 6 aromatic rings. The van der Waals surface area contributed by atoms with Gasteiger partial charge in [0.15, 0.2) is 0 Å². The first kappa shape index (κ1) is 22.6. The van der Waals surface area contributed by atoms with Crippen LogP contribution in [0.1, 0.15) is 10.4 Å². The van der Waals surface area contributed by atoms with Crippen molar-refractivity contribution in [3.05, 3.63) is 150 Å². The zero-order valence-corrected chi connectivity index (χ0v) is 21.7. The molecule has 182 valence electrons. The highest BCUT2D eigenvalue weighted by Gasteiger charge is 2.25. The molecule has 38 heavy (non-hydrogen) atoms. The zero-order chi connectivity index (χ0) is 25.3. The van der Waals surface area contributed by atoms with Crippen LogP contribution >= 0.6 is 11.3 Å². The first-order valence-electron chi connectivity index (χ1n) is 12.9. The summed E-state index contributed by atoms with van der Waals surface area (Å²) >= 11 is 1.88.